The van der Waals surface area contributed by atoms with Gasteiger partial charge in [0.2, 0.25) is 0 Å². The Morgan fingerprint density at radius 3 is 3.00 bits per heavy atom. The molecule has 0 aliphatic heterocycles. The topological polar surface area (TPSA) is 43.3 Å². The number of hydrogen-bond acceptors (Lipinski definition) is 3. The third kappa shape index (κ3) is 2.68. The maximum atomic E-state index is 11.7. The van der Waals surface area contributed by atoms with Crippen LogP contribution >= 0.6 is 0 Å². The van der Waals surface area contributed by atoms with Gasteiger partial charge in [0.05, 0.1) is 6.61 Å². The van der Waals surface area contributed by atoms with Crippen molar-refractivity contribution < 1.29 is 4.74 Å². The Hall–Kier alpha value is -1.13. The average Bonchev–Trinajstić information content (AvgIpc) is 2.20. The molecule has 1 rings (SSSR count). The van der Waals surface area contributed by atoms with Crippen LogP contribution in [-0.4, -0.2) is 25.3 Å². The number of nitrogens with zero attached hydrogens (tertiary/aromatic N) is 1. The van der Waals surface area contributed by atoms with E-state index in [1.807, 2.05) is 19.2 Å². The number of nitrogens with one attached hydrogen (secondary N) is 1. The van der Waals surface area contributed by atoms with Gasteiger partial charge in [-0.25, -0.2) is 0 Å². The van der Waals surface area contributed by atoms with Gasteiger partial charge < -0.3 is 14.6 Å². The highest BCUT2D eigenvalue weighted by Crippen LogP contribution is 1.91. The minimum absolute atomic E-state index is 0.0545. The third-order valence-electron chi connectivity index (χ3n) is 2.00. The second-order valence-corrected chi connectivity index (χ2v) is 3.06. The van der Waals surface area contributed by atoms with E-state index in [0.29, 0.717) is 19.7 Å². The van der Waals surface area contributed by atoms with Crippen LogP contribution in [0, 0.1) is 0 Å². The Labute approximate surface area is 83.5 Å². The van der Waals surface area contributed by atoms with Crippen LogP contribution in [0.5, 0.6) is 0 Å². The van der Waals surface area contributed by atoms with Crippen LogP contribution in [-0.2, 0) is 17.8 Å². The summed E-state index contributed by atoms with van der Waals surface area (Å²) in [5, 5.41) is 2.96. The SMILES string of the molecule is CNCc1cccn(CCOC)c1=O. The van der Waals surface area contributed by atoms with Gasteiger partial charge in [0, 0.05) is 32.0 Å². The van der Waals surface area contributed by atoms with Crippen molar-refractivity contribution in [2.75, 3.05) is 20.8 Å². The summed E-state index contributed by atoms with van der Waals surface area (Å²) in [4.78, 5) is 11.7. The lowest BCUT2D eigenvalue weighted by atomic mass is 10.3. The van der Waals surface area contributed by atoms with E-state index in [2.05, 4.69) is 5.32 Å². The van der Waals surface area contributed by atoms with Gasteiger partial charge in [-0.3, -0.25) is 4.79 Å². The van der Waals surface area contributed by atoms with Gasteiger partial charge in [-0.15, -0.1) is 0 Å². The summed E-state index contributed by atoms with van der Waals surface area (Å²) < 4.78 is 6.59. The first-order valence-corrected chi connectivity index (χ1v) is 4.61. The Morgan fingerprint density at radius 1 is 1.57 bits per heavy atom. The molecule has 0 fully saturated rings. The monoisotopic (exact) mass is 196 g/mol. The molecule has 0 atom stereocenters. The van der Waals surface area contributed by atoms with Crippen molar-refractivity contribution >= 4 is 0 Å². The first kappa shape index (κ1) is 10.9. The van der Waals surface area contributed by atoms with Crippen molar-refractivity contribution in [1.29, 1.82) is 0 Å². The molecule has 1 N–H and O–H groups in total. The maximum absolute atomic E-state index is 11.7. The van der Waals surface area contributed by atoms with Crippen LogP contribution in [0.2, 0.25) is 0 Å². The molecule has 0 amide bonds. The summed E-state index contributed by atoms with van der Waals surface area (Å²) in [6, 6.07) is 3.71. The molecule has 0 saturated heterocycles. The smallest absolute Gasteiger partial charge is 0.255 e. The summed E-state index contributed by atoms with van der Waals surface area (Å²) in [6.45, 7) is 1.77. The minimum Gasteiger partial charge on any atom is -0.383 e. The van der Waals surface area contributed by atoms with Gasteiger partial charge in [-0.2, -0.15) is 0 Å². The maximum Gasteiger partial charge on any atom is 0.255 e. The molecule has 1 aromatic heterocycles. The van der Waals surface area contributed by atoms with Gasteiger partial charge in [0.25, 0.3) is 5.56 Å². The van der Waals surface area contributed by atoms with Crippen LogP contribution in [0.3, 0.4) is 0 Å². The number of rotatable bonds is 5. The van der Waals surface area contributed by atoms with Crippen LogP contribution in [0.15, 0.2) is 23.1 Å². The standard InChI is InChI=1S/C10H16N2O2/c1-11-8-9-4-3-5-12(10(9)13)6-7-14-2/h3-5,11H,6-8H2,1-2H3. The largest absolute Gasteiger partial charge is 0.383 e. The highest BCUT2D eigenvalue weighted by Gasteiger charge is 2.00. The number of methoxy groups -OCH3 is 1. The molecule has 0 unspecified atom stereocenters. The van der Waals surface area contributed by atoms with Crippen molar-refractivity contribution in [3.05, 3.63) is 34.2 Å². The van der Waals surface area contributed by atoms with E-state index in [1.54, 1.807) is 17.9 Å². The molecule has 4 nitrogen and oxygen atoms in total. The van der Waals surface area contributed by atoms with Gasteiger partial charge >= 0.3 is 0 Å². The molecule has 0 bridgehead atoms. The van der Waals surface area contributed by atoms with Crippen molar-refractivity contribution in [3.63, 3.8) is 0 Å². The van der Waals surface area contributed by atoms with E-state index in [0.717, 1.165) is 5.56 Å². The van der Waals surface area contributed by atoms with Gasteiger partial charge in [0.15, 0.2) is 0 Å². The Balaban J connectivity index is 2.84. The van der Waals surface area contributed by atoms with Crippen LogP contribution < -0.4 is 10.9 Å². The highest BCUT2D eigenvalue weighted by atomic mass is 16.5. The molecule has 4 heteroatoms. The zero-order valence-corrected chi connectivity index (χ0v) is 8.62. The Kier molecular flexibility index (Phi) is 4.35. The molecule has 0 aromatic carbocycles. The lowest BCUT2D eigenvalue weighted by Gasteiger charge is -2.06. The zero-order valence-electron chi connectivity index (χ0n) is 8.62. The molecule has 0 aliphatic carbocycles. The molecule has 0 saturated carbocycles. The third-order valence-corrected chi connectivity index (χ3v) is 2.00. The molecular formula is C10H16N2O2. The quantitative estimate of drug-likeness (QED) is 0.732. The average molecular weight is 196 g/mol. The summed E-state index contributed by atoms with van der Waals surface area (Å²) in [6.07, 6.45) is 1.78. The van der Waals surface area contributed by atoms with E-state index in [1.165, 1.54) is 0 Å². The highest BCUT2D eigenvalue weighted by molar-refractivity contribution is 5.09. The number of ether oxygens (including phenoxy) is 1. The zero-order chi connectivity index (χ0) is 10.4. The van der Waals surface area contributed by atoms with Crippen LogP contribution in [0.4, 0.5) is 0 Å². The number of aromatic nitrogens is 1. The second-order valence-electron chi connectivity index (χ2n) is 3.06. The molecule has 14 heavy (non-hydrogen) atoms. The first-order chi connectivity index (χ1) is 6.79. The predicted molar refractivity (Wildman–Crippen MR) is 55.3 cm³/mol. The van der Waals surface area contributed by atoms with Crippen LogP contribution in [0.25, 0.3) is 0 Å². The van der Waals surface area contributed by atoms with E-state index < -0.39 is 0 Å². The van der Waals surface area contributed by atoms with Gasteiger partial charge in [-0.1, -0.05) is 6.07 Å². The Bertz CT molecular complexity index is 333. The second kappa shape index (κ2) is 5.57. The fourth-order valence-electron chi connectivity index (χ4n) is 1.28. The normalized spacial score (nSPS) is 10.4. The number of pyridine rings is 1. The predicted octanol–water partition coefficient (Wildman–Crippen LogP) is 0.214. The fourth-order valence-corrected chi connectivity index (χ4v) is 1.28. The molecule has 0 aliphatic rings. The number of hydrogen-bond donors (Lipinski definition) is 1. The molecule has 1 heterocycles. The summed E-state index contributed by atoms with van der Waals surface area (Å²) in [5.74, 6) is 0. The van der Waals surface area contributed by atoms with E-state index in [4.69, 9.17) is 4.74 Å². The summed E-state index contributed by atoms with van der Waals surface area (Å²) in [7, 11) is 3.45. The van der Waals surface area contributed by atoms with Crippen molar-refractivity contribution in [3.8, 4) is 0 Å². The summed E-state index contributed by atoms with van der Waals surface area (Å²) in [5.41, 5.74) is 0.838. The van der Waals surface area contributed by atoms with Crippen molar-refractivity contribution in [2.45, 2.75) is 13.1 Å². The molecule has 0 spiro atoms. The van der Waals surface area contributed by atoms with Crippen molar-refractivity contribution in [1.82, 2.24) is 9.88 Å². The molecule has 1 aromatic rings. The van der Waals surface area contributed by atoms with E-state index in [-0.39, 0.29) is 5.56 Å². The first-order valence-electron chi connectivity index (χ1n) is 4.61. The minimum atomic E-state index is 0.0545. The van der Waals surface area contributed by atoms with Crippen molar-refractivity contribution in [2.24, 2.45) is 0 Å². The fraction of sp³-hybridized carbons (Fsp3) is 0.500. The van der Waals surface area contributed by atoms with Gasteiger partial charge in [0.1, 0.15) is 0 Å². The Morgan fingerprint density at radius 2 is 2.36 bits per heavy atom. The molecule has 0 radical (unpaired) electrons. The molecule has 78 valence electrons. The van der Waals surface area contributed by atoms with Gasteiger partial charge in [-0.05, 0) is 13.1 Å². The lowest BCUT2D eigenvalue weighted by Crippen LogP contribution is -2.26. The van der Waals surface area contributed by atoms with E-state index in [9.17, 15) is 4.79 Å². The van der Waals surface area contributed by atoms with Crippen LogP contribution in [0.1, 0.15) is 5.56 Å². The molecular weight excluding hydrogens is 180 g/mol. The summed E-state index contributed by atoms with van der Waals surface area (Å²) >= 11 is 0. The van der Waals surface area contributed by atoms with E-state index >= 15 is 0 Å². The lowest BCUT2D eigenvalue weighted by molar-refractivity contribution is 0.186.